The van der Waals surface area contributed by atoms with E-state index in [-0.39, 0.29) is 19.0 Å². The zero-order chi connectivity index (χ0) is 14.1. The summed E-state index contributed by atoms with van der Waals surface area (Å²) in [6, 6.07) is 5.53. The van der Waals surface area contributed by atoms with Gasteiger partial charge in [0.15, 0.2) is 0 Å². The molecule has 6 heteroatoms. The number of rotatable bonds is 7. The third-order valence-electron chi connectivity index (χ3n) is 2.47. The van der Waals surface area contributed by atoms with Crippen molar-refractivity contribution in [2.24, 2.45) is 0 Å². The molecule has 0 saturated carbocycles. The van der Waals surface area contributed by atoms with Crippen LogP contribution in [0.2, 0.25) is 0 Å². The smallest absolute Gasteiger partial charge is 0.314 e. The number of carbonyl (C=O) groups is 2. The van der Waals surface area contributed by atoms with Crippen LogP contribution in [0.1, 0.15) is 24.2 Å². The number of aromatic nitrogens is 1. The third kappa shape index (κ3) is 7.03. The lowest BCUT2D eigenvalue weighted by Gasteiger charge is -2.06. The number of hydrogen-bond donors (Lipinski definition) is 3. The van der Waals surface area contributed by atoms with E-state index >= 15 is 0 Å². The number of nitrogens with zero attached hydrogens (tertiary/aromatic N) is 1. The fourth-order valence-electron chi connectivity index (χ4n) is 1.56. The molecular weight excluding hydrogens is 246 g/mol. The molecule has 0 aliphatic heterocycles. The summed E-state index contributed by atoms with van der Waals surface area (Å²) in [5, 5.41) is 13.6. The Kier molecular flexibility index (Phi) is 6.35. The summed E-state index contributed by atoms with van der Waals surface area (Å²) >= 11 is 0. The van der Waals surface area contributed by atoms with Gasteiger partial charge >= 0.3 is 12.0 Å². The highest BCUT2D eigenvalue weighted by Gasteiger charge is 2.01. The van der Waals surface area contributed by atoms with Gasteiger partial charge in [0.25, 0.3) is 0 Å². The second-order valence-corrected chi connectivity index (χ2v) is 4.20. The van der Waals surface area contributed by atoms with Crippen LogP contribution >= 0.6 is 0 Å². The lowest BCUT2D eigenvalue weighted by atomic mass is 10.2. The molecule has 0 radical (unpaired) electrons. The Morgan fingerprint density at radius 3 is 2.68 bits per heavy atom. The van der Waals surface area contributed by atoms with E-state index < -0.39 is 5.97 Å². The second-order valence-electron chi connectivity index (χ2n) is 4.20. The maximum atomic E-state index is 11.3. The van der Waals surface area contributed by atoms with Crippen LogP contribution in [0.25, 0.3) is 0 Å². The minimum absolute atomic E-state index is 0.0688. The predicted molar refractivity (Wildman–Crippen MR) is 70.9 cm³/mol. The number of amides is 2. The molecule has 1 aromatic rings. The molecule has 0 aliphatic carbocycles. The normalized spacial score (nSPS) is 9.95. The van der Waals surface area contributed by atoms with Crippen LogP contribution in [-0.4, -0.2) is 35.2 Å². The quantitative estimate of drug-likeness (QED) is 0.644. The van der Waals surface area contributed by atoms with Crippen LogP contribution in [0.3, 0.4) is 0 Å². The molecule has 19 heavy (non-hydrogen) atoms. The Balaban J connectivity index is 2.10. The molecule has 0 unspecified atom stereocenters. The van der Waals surface area contributed by atoms with E-state index in [1.807, 2.05) is 25.1 Å². The molecule has 104 valence electrons. The first kappa shape index (κ1) is 14.9. The lowest BCUT2D eigenvalue weighted by molar-refractivity contribution is -0.136. The molecule has 0 aliphatic rings. The number of carboxylic acids is 1. The van der Waals surface area contributed by atoms with E-state index in [0.29, 0.717) is 6.54 Å². The monoisotopic (exact) mass is 265 g/mol. The Bertz CT molecular complexity index is 435. The minimum atomic E-state index is -0.925. The lowest BCUT2D eigenvalue weighted by Crippen LogP contribution is -2.37. The van der Waals surface area contributed by atoms with Crippen molar-refractivity contribution in [3.05, 3.63) is 29.6 Å². The Morgan fingerprint density at radius 1 is 1.26 bits per heavy atom. The first-order valence-electron chi connectivity index (χ1n) is 6.24. The first-order chi connectivity index (χ1) is 9.08. The topological polar surface area (TPSA) is 91.3 Å². The summed E-state index contributed by atoms with van der Waals surface area (Å²) in [5.41, 5.74) is 1.99. The molecule has 1 aromatic heterocycles. The molecule has 0 fully saturated rings. The second kappa shape index (κ2) is 8.07. The van der Waals surface area contributed by atoms with E-state index in [0.717, 1.165) is 24.2 Å². The van der Waals surface area contributed by atoms with E-state index in [4.69, 9.17) is 5.11 Å². The van der Waals surface area contributed by atoms with Crippen LogP contribution in [0, 0.1) is 6.92 Å². The van der Waals surface area contributed by atoms with E-state index in [2.05, 4.69) is 15.6 Å². The Hall–Kier alpha value is -2.11. The van der Waals surface area contributed by atoms with Gasteiger partial charge in [-0.25, -0.2) is 4.79 Å². The predicted octanol–water partition coefficient (Wildman–Crippen LogP) is 1.10. The van der Waals surface area contributed by atoms with Crippen molar-refractivity contribution >= 4 is 12.0 Å². The molecule has 6 nitrogen and oxygen atoms in total. The molecule has 0 bridgehead atoms. The van der Waals surface area contributed by atoms with E-state index in [9.17, 15) is 9.59 Å². The van der Waals surface area contributed by atoms with Gasteiger partial charge in [0, 0.05) is 24.5 Å². The summed E-state index contributed by atoms with van der Waals surface area (Å²) in [7, 11) is 0. The molecule has 0 atom stereocenters. The van der Waals surface area contributed by atoms with Gasteiger partial charge in [0.2, 0.25) is 0 Å². The maximum Gasteiger partial charge on any atom is 0.314 e. The average Bonchev–Trinajstić information content (AvgIpc) is 2.34. The van der Waals surface area contributed by atoms with Crippen LogP contribution in [0.15, 0.2) is 18.2 Å². The average molecular weight is 265 g/mol. The van der Waals surface area contributed by atoms with Crippen LogP contribution < -0.4 is 10.6 Å². The first-order valence-corrected chi connectivity index (χ1v) is 6.24. The SMILES string of the molecule is Cc1cccc(CCCNC(=O)NCCC(=O)O)n1. The number of nitrogens with one attached hydrogen (secondary N) is 2. The Morgan fingerprint density at radius 2 is 2.00 bits per heavy atom. The van der Waals surface area contributed by atoms with Crippen molar-refractivity contribution in [3.63, 3.8) is 0 Å². The number of carbonyl (C=O) groups excluding carboxylic acids is 1. The van der Waals surface area contributed by atoms with E-state index in [1.165, 1.54) is 0 Å². The van der Waals surface area contributed by atoms with E-state index in [1.54, 1.807) is 0 Å². The van der Waals surface area contributed by atoms with Gasteiger partial charge in [-0.2, -0.15) is 0 Å². The zero-order valence-electron chi connectivity index (χ0n) is 11.0. The van der Waals surface area contributed by atoms with Gasteiger partial charge in [-0.15, -0.1) is 0 Å². The van der Waals surface area contributed by atoms with Gasteiger partial charge in [0.05, 0.1) is 6.42 Å². The van der Waals surface area contributed by atoms with Crippen molar-refractivity contribution in [1.29, 1.82) is 0 Å². The third-order valence-corrected chi connectivity index (χ3v) is 2.47. The van der Waals surface area contributed by atoms with Gasteiger partial charge in [-0.05, 0) is 31.9 Å². The number of carboxylic acid groups (broad SMARTS) is 1. The van der Waals surface area contributed by atoms with Crippen LogP contribution in [0.4, 0.5) is 4.79 Å². The highest BCUT2D eigenvalue weighted by molar-refractivity contribution is 5.74. The fraction of sp³-hybridized carbons (Fsp3) is 0.462. The molecule has 0 aromatic carbocycles. The van der Waals surface area contributed by atoms with Crippen molar-refractivity contribution < 1.29 is 14.7 Å². The Labute approximate surface area is 112 Å². The summed E-state index contributed by atoms with van der Waals surface area (Å²) in [4.78, 5) is 25.9. The van der Waals surface area contributed by atoms with Gasteiger partial charge in [-0.1, -0.05) is 6.07 Å². The summed E-state index contributed by atoms with van der Waals surface area (Å²) in [6.07, 6.45) is 1.53. The molecule has 0 spiro atoms. The molecule has 1 heterocycles. The minimum Gasteiger partial charge on any atom is -0.481 e. The standard InChI is InChI=1S/C13H19N3O3/c1-10-4-2-5-11(16-10)6-3-8-14-13(19)15-9-7-12(17)18/h2,4-5H,3,6-9H2,1H3,(H,17,18)(H2,14,15,19). The molecule has 2 amide bonds. The summed E-state index contributed by atoms with van der Waals surface area (Å²) in [6.45, 7) is 2.62. The molecular formula is C13H19N3O3. The largest absolute Gasteiger partial charge is 0.481 e. The molecule has 3 N–H and O–H groups in total. The summed E-state index contributed by atoms with van der Waals surface area (Å²) < 4.78 is 0. The number of hydrogen-bond acceptors (Lipinski definition) is 3. The highest BCUT2D eigenvalue weighted by atomic mass is 16.4. The molecule has 1 rings (SSSR count). The van der Waals surface area contributed by atoms with Crippen molar-refractivity contribution in [1.82, 2.24) is 15.6 Å². The van der Waals surface area contributed by atoms with Crippen molar-refractivity contribution in [2.45, 2.75) is 26.2 Å². The van der Waals surface area contributed by atoms with Gasteiger partial charge in [0.1, 0.15) is 0 Å². The maximum absolute atomic E-state index is 11.3. The van der Waals surface area contributed by atoms with Crippen molar-refractivity contribution in [3.8, 4) is 0 Å². The zero-order valence-corrected chi connectivity index (χ0v) is 11.0. The number of aliphatic carboxylic acids is 1. The van der Waals surface area contributed by atoms with Gasteiger partial charge in [-0.3, -0.25) is 9.78 Å². The number of pyridine rings is 1. The molecule has 0 saturated heterocycles. The highest BCUT2D eigenvalue weighted by Crippen LogP contribution is 2.00. The van der Waals surface area contributed by atoms with Crippen molar-refractivity contribution in [2.75, 3.05) is 13.1 Å². The fourth-order valence-corrected chi connectivity index (χ4v) is 1.56. The van der Waals surface area contributed by atoms with Gasteiger partial charge < -0.3 is 15.7 Å². The number of aryl methyl sites for hydroxylation is 2. The van der Waals surface area contributed by atoms with Crippen LogP contribution in [-0.2, 0) is 11.2 Å². The summed E-state index contributed by atoms with van der Waals surface area (Å²) in [5.74, 6) is -0.925. The van der Waals surface area contributed by atoms with Crippen LogP contribution in [0.5, 0.6) is 0 Å². The number of urea groups is 1.